The van der Waals surface area contributed by atoms with E-state index in [9.17, 15) is 8.78 Å². The number of hydrogen-bond donors (Lipinski definition) is 0. The summed E-state index contributed by atoms with van der Waals surface area (Å²) in [7, 11) is 0. The molecule has 2 nitrogen and oxygen atoms in total. The molecule has 0 bridgehead atoms. The number of rotatable bonds is 22. The van der Waals surface area contributed by atoms with Gasteiger partial charge in [0.25, 0.3) is 0 Å². The summed E-state index contributed by atoms with van der Waals surface area (Å²) in [5, 5.41) is 0. The first-order valence-electron chi connectivity index (χ1n) is 19.1. The topological polar surface area (TPSA) is 18.5 Å². The maximum Gasteiger partial charge on any atom is 0.157 e. The Morgan fingerprint density at radius 3 is 1.57 bits per heavy atom. The number of alkyl halides is 2. The Bertz CT molecular complexity index is 629. The van der Waals surface area contributed by atoms with Crippen LogP contribution in [0.2, 0.25) is 0 Å². The molecule has 3 saturated carbocycles. The minimum atomic E-state index is -1.50. The first-order chi connectivity index (χ1) is 20.6. The van der Waals surface area contributed by atoms with E-state index in [1.807, 2.05) is 0 Å². The molecule has 3 aliphatic carbocycles. The maximum atomic E-state index is 15.0. The molecular formula is C38H70F2O2. The fourth-order valence-corrected chi connectivity index (χ4v) is 8.15. The second-order valence-electron chi connectivity index (χ2n) is 14.8. The highest BCUT2D eigenvalue weighted by atomic mass is 19.2. The molecule has 0 aliphatic heterocycles. The van der Waals surface area contributed by atoms with Crippen LogP contribution in [0.5, 0.6) is 0 Å². The predicted octanol–water partition coefficient (Wildman–Crippen LogP) is 12.1. The SMILES string of the molecule is CCCCCCCCCCCCOC1CCC(COC2CCC(CCC3CCC(CCCCC)CC3)CC2)C(F)C1F. The van der Waals surface area contributed by atoms with Crippen molar-refractivity contribution >= 4 is 0 Å². The zero-order valence-electron chi connectivity index (χ0n) is 28.0. The first-order valence-corrected chi connectivity index (χ1v) is 19.1. The van der Waals surface area contributed by atoms with Crippen LogP contribution in [0.15, 0.2) is 0 Å². The molecule has 0 radical (unpaired) electrons. The monoisotopic (exact) mass is 597 g/mol. The van der Waals surface area contributed by atoms with Crippen molar-refractivity contribution in [3.05, 3.63) is 0 Å². The average molecular weight is 597 g/mol. The van der Waals surface area contributed by atoms with E-state index in [0.29, 0.717) is 26.1 Å². The largest absolute Gasteiger partial charge is 0.378 e. The van der Waals surface area contributed by atoms with Gasteiger partial charge < -0.3 is 9.47 Å². The minimum Gasteiger partial charge on any atom is -0.378 e. The standard InChI is InChI=1S/C38H70F2O2/c1-3-5-7-8-9-10-11-12-13-15-29-41-36-28-25-34(37(39)38(36)40)30-42-35-26-23-33(24-27-35)22-21-32-19-17-31(18-20-32)16-14-6-4-2/h31-38H,3-30H2,1-2H3. The van der Waals surface area contributed by atoms with Gasteiger partial charge in [-0.25, -0.2) is 8.78 Å². The molecule has 0 spiro atoms. The quantitative estimate of drug-likeness (QED) is 0.116. The highest BCUT2D eigenvalue weighted by molar-refractivity contribution is 4.89. The van der Waals surface area contributed by atoms with Gasteiger partial charge in [-0.3, -0.25) is 0 Å². The van der Waals surface area contributed by atoms with Crippen LogP contribution in [0.25, 0.3) is 0 Å². The summed E-state index contributed by atoms with van der Waals surface area (Å²) in [4.78, 5) is 0. The summed E-state index contributed by atoms with van der Waals surface area (Å²) >= 11 is 0. The van der Waals surface area contributed by atoms with E-state index in [4.69, 9.17) is 9.47 Å². The molecule has 0 amide bonds. The molecule has 0 heterocycles. The fraction of sp³-hybridized carbons (Fsp3) is 1.00. The van der Waals surface area contributed by atoms with Crippen LogP contribution in [-0.4, -0.2) is 37.8 Å². The van der Waals surface area contributed by atoms with Crippen molar-refractivity contribution in [3.8, 4) is 0 Å². The van der Waals surface area contributed by atoms with Crippen LogP contribution in [0, 0.1) is 23.7 Å². The number of halogens is 2. The van der Waals surface area contributed by atoms with Gasteiger partial charge in [-0.15, -0.1) is 0 Å². The van der Waals surface area contributed by atoms with Crippen molar-refractivity contribution in [2.75, 3.05) is 13.2 Å². The Balaban J connectivity index is 1.17. The van der Waals surface area contributed by atoms with E-state index >= 15 is 0 Å². The molecule has 0 saturated heterocycles. The Kier molecular flexibility index (Phi) is 19.3. The van der Waals surface area contributed by atoms with Gasteiger partial charge in [0.15, 0.2) is 6.17 Å². The van der Waals surface area contributed by atoms with Crippen LogP contribution in [0.3, 0.4) is 0 Å². The van der Waals surface area contributed by atoms with Crippen molar-refractivity contribution in [2.45, 2.75) is 205 Å². The van der Waals surface area contributed by atoms with Gasteiger partial charge in [-0.05, 0) is 62.7 Å². The smallest absolute Gasteiger partial charge is 0.157 e. The molecule has 248 valence electrons. The lowest BCUT2D eigenvalue weighted by Gasteiger charge is -2.36. The van der Waals surface area contributed by atoms with Gasteiger partial charge in [0.2, 0.25) is 0 Å². The first kappa shape index (κ1) is 36.3. The molecule has 3 fully saturated rings. The van der Waals surface area contributed by atoms with E-state index in [1.165, 1.54) is 128 Å². The van der Waals surface area contributed by atoms with Gasteiger partial charge in [0, 0.05) is 12.5 Å². The van der Waals surface area contributed by atoms with Crippen molar-refractivity contribution in [3.63, 3.8) is 0 Å². The molecule has 3 aliphatic rings. The van der Waals surface area contributed by atoms with Crippen LogP contribution in [0.1, 0.15) is 181 Å². The maximum absolute atomic E-state index is 15.0. The molecular weight excluding hydrogens is 526 g/mol. The van der Waals surface area contributed by atoms with E-state index in [1.54, 1.807) is 0 Å². The zero-order chi connectivity index (χ0) is 29.8. The second kappa shape index (κ2) is 22.3. The molecule has 0 aromatic carbocycles. The highest BCUT2D eigenvalue weighted by Gasteiger charge is 2.41. The van der Waals surface area contributed by atoms with Crippen molar-refractivity contribution < 1.29 is 18.3 Å². The Labute approximate surface area is 260 Å². The number of unbranched alkanes of at least 4 members (excludes halogenated alkanes) is 11. The zero-order valence-corrected chi connectivity index (χ0v) is 28.0. The summed E-state index contributed by atoms with van der Waals surface area (Å²) in [6, 6.07) is 0. The van der Waals surface area contributed by atoms with Crippen molar-refractivity contribution in [1.29, 1.82) is 0 Å². The van der Waals surface area contributed by atoms with Crippen LogP contribution >= 0.6 is 0 Å². The Morgan fingerprint density at radius 1 is 0.476 bits per heavy atom. The summed E-state index contributed by atoms with van der Waals surface area (Å²) in [6.07, 6.45) is 29.8. The number of ether oxygens (including phenoxy) is 2. The summed E-state index contributed by atoms with van der Waals surface area (Å²) in [5.74, 6) is 2.51. The Morgan fingerprint density at radius 2 is 0.976 bits per heavy atom. The molecule has 4 unspecified atom stereocenters. The molecule has 42 heavy (non-hydrogen) atoms. The summed E-state index contributed by atoms with van der Waals surface area (Å²) < 4.78 is 41.9. The second-order valence-corrected chi connectivity index (χ2v) is 14.8. The highest BCUT2D eigenvalue weighted by Crippen LogP contribution is 2.38. The molecule has 0 aromatic heterocycles. The molecule has 0 N–H and O–H groups in total. The van der Waals surface area contributed by atoms with Crippen LogP contribution < -0.4 is 0 Å². The van der Waals surface area contributed by atoms with Crippen LogP contribution in [0.4, 0.5) is 8.78 Å². The van der Waals surface area contributed by atoms with Crippen LogP contribution in [-0.2, 0) is 9.47 Å². The van der Waals surface area contributed by atoms with Gasteiger partial charge in [0.1, 0.15) is 6.17 Å². The molecule has 4 atom stereocenters. The molecule has 0 aromatic rings. The van der Waals surface area contributed by atoms with E-state index < -0.39 is 18.4 Å². The lowest BCUT2D eigenvalue weighted by Crippen LogP contribution is -2.44. The van der Waals surface area contributed by atoms with Crippen molar-refractivity contribution in [2.24, 2.45) is 23.7 Å². The third-order valence-electron chi connectivity index (χ3n) is 11.3. The fourth-order valence-electron chi connectivity index (χ4n) is 8.15. The third-order valence-corrected chi connectivity index (χ3v) is 11.3. The summed E-state index contributed by atoms with van der Waals surface area (Å²) in [5.41, 5.74) is 0. The Hall–Kier alpha value is -0.220. The van der Waals surface area contributed by atoms with E-state index in [-0.39, 0.29) is 12.0 Å². The predicted molar refractivity (Wildman–Crippen MR) is 175 cm³/mol. The average Bonchev–Trinajstić information content (AvgIpc) is 3.01. The number of hydrogen-bond acceptors (Lipinski definition) is 2. The molecule has 4 heteroatoms. The van der Waals surface area contributed by atoms with Gasteiger partial charge in [-0.1, -0.05) is 136 Å². The summed E-state index contributed by atoms with van der Waals surface area (Å²) in [6.45, 7) is 5.51. The van der Waals surface area contributed by atoms with E-state index in [0.717, 1.165) is 43.4 Å². The van der Waals surface area contributed by atoms with Gasteiger partial charge in [-0.2, -0.15) is 0 Å². The van der Waals surface area contributed by atoms with Gasteiger partial charge >= 0.3 is 0 Å². The van der Waals surface area contributed by atoms with E-state index in [2.05, 4.69) is 13.8 Å². The third kappa shape index (κ3) is 14.3. The lowest BCUT2D eigenvalue weighted by molar-refractivity contribution is -0.0977. The van der Waals surface area contributed by atoms with Crippen molar-refractivity contribution in [1.82, 2.24) is 0 Å². The minimum absolute atomic E-state index is 0.246. The molecule has 3 rings (SSSR count). The normalized spacial score (nSPS) is 32.3. The van der Waals surface area contributed by atoms with Gasteiger partial charge in [0.05, 0.1) is 18.8 Å². The lowest BCUT2D eigenvalue weighted by atomic mass is 9.76.